The van der Waals surface area contributed by atoms with E-state index in [2.05, 4.69) is 10.3 Å². The van der Waals surface area contributed by atoms with Gasteiger partial charge >= 0.3 is 0 Å². The van der Waals surface area contributed by atoms with E-state index in [1.54, 1.807) is 6.20 Å². The highest BCUT2D eigenvalue weighted by atomic mass is 16.5. The van der Waals surface area contributed by atoms with Crippen LogP contribution in [0.2, 0.25) is 0 Å². The van der Waals surface area contributed by atoms with E-state index in [9.17, 15) is 4.79 Å². The second kappa shape index (κ2) is 6.87. The third-order valence-electron chi connectivity index (χ3n) is 3.48. The highest BCUT2D eigenvalue weighted by Gasteiger charge is 2.31. The summed E-state index contributed by atoms with van der Waals surface area (Å²) in [5, 5.41) is 2.95. The average molecular weight is 292 g/mol. The molecule has 1 fully saturated rings. The van der Waals surface area contributed by atoms with Gasteiger partial charge in [-0.3, -0.25) is 4.79 Å². The number of nitrogens with zero attached hydrogens (tertiary/aromatic N) is 2. The highest BCUT2D eigenvalue weighted by molar-refractivity contribution is 5.85. The number of anilines is 1. The molecule has 1 atom stereocenters. The Hall–Kier alpha value is -1.66. The van der Waals surface area contributed by atoms with Gasteiger partial charge in [-0.2, -0.15) is 0 Å². The second-order valence-electron chi connectivity index (χ2n) is 5.64. The van der Waals surface area contributed by atoms with Gasteiger partial charge in [-0.1, -0.05) is 0 Å². The number of morpholine rings is 1. The van der Waals surface area contributed by atoms with E-state index in [0.29, 0.717) is 26.3 Å². The number of carbonyl (C=O) groups is 1. The minimum absolute atomic E-state index is 0.0196. The van der Waals surface area contributed by atoms with Crippen LogP contribution in [0.3, 0.4) is 0 Å². The summed E-state index contributed by atoms with van der Waals surface area (Å²) in [7, 11) is 0. The minimum Gasteiger partial charge on any atom is -0.377 e. The quantitative estimate of drug-likeness (QED) is 0.848. The maximum absolute atomic E-state index is 12.3. The van der Waals surface area contributed by atoms with Gasteiger partial charge in [0.15, 0.2) is 0 Å². The van der Waals surface area contributed by atoms with Crippen LogP contribution >= 0.6 is 0 Å². The lowest BCUT2D eigenvalue weighted by molar-refractivity contribution is -0.125. The number of nitrogens with one attached hydrogen (secondary N) is 1. The number of hydrogen-bond donors (Lipinski definition) is 2. The Morgan fingerprint density at radius 2 is 2.38 bits per heavy atom. The molecule has 6 heteroatoms. The van der Waals surface area contributed by atoms with Crippen molar-refractivity contribution in [3.8, 4) is 0 Å². The Kier molecular flexibility index (Phi) is 5.14. The van der Waals surface area contributed by atoms with Crippen LogP contribution in [0.15, 0.2) is 12.3 Å². The maximum Gasteiger partial charge on any atom is 0.245 e. The fourth-order valence-corrected chi connectivity index (χ4v) is 2.49. The SMILES string of the molecule is Cc1cc(CN)cnc1N1CCOCC1C(=O)NC(C)C. The third kappa shape index (κ3) is 3.71. The topological polar surface area (TPSA) is 80.5 Å². The molecule has 1 amide bonds. The zero-order valence-electron chi connectivity index (χ0n) is 12.9. The second-order valence-corrected chi connectivity index (χ2v) is 5.64. The van der Waals surface area contributed by atoms with Gasteiger partial charge in [0.1, 0.15) is 11.9 Å². The summed E-state index contributed by atoms with van der Waals surface area (Å²) in [5.41, 5.74) is 7.66. The van der Waals surface area contributed by atoms with Crippen LogP contribution in [-0.4, -0.2) is 42.7 Å². The first-order chi connectivity index (χ1) is 10.0. The smallest absolute Gasteiger partial charge is 0.245 e. The van der Waals surface area contributed by atoms with Crippen molar-refractivity contribution in [3.05, 3.63) is 23.4 Å². The molecule has 21 heavy (non-hydrogen) atoms. The molecule has 2 rings (SSSR count). The van der Waals surface area contributed by atoms with Crippen LogP contribution < -0.4 is 16.0 Å². The van der Waals surface area contributed by atoms with Gasteiger partial charge in [-0.15, -0.1) is 0 Å². The molecule has 1 aromatic rings. The Morgan fingerprint density at radius 1 is 1.62 bits per heavy atom. The van der Waals surface area contributed by atoms with Crippen molar-refractivity contribution < 1.29 is 9.53 Å². The first-order valence-electron chi connectivity index (χ1n) is 7.33. The predicted molar refractivity (Wildman–Crippen MR) is 82.1 cm³/mol. The average Bonchev–Trinajstić information content (AvgIpc) is 2.46. The third-order valence-corrected chi connectivity index (χ3v) is 3.48. The Labute approximate surface area is 125 Å². The molecule has 1 aliphatic heterocycles. The molecule has 1 saturated heterocycles. The van der Waals surface area contributed by atoms with Crippen molar-refractivity contribution in [1.82, 2.24) is 10.3 Å². The number of amides is 1. The normalized spacial score (nSPS) is 18.9. The largest absolute Gasteiger partial charge is 0.377 e. The molecule has 0 aliphatic carbocycles. The van der Waals surface area contributed by atoms with Gasteiger partial charge in [0.05, 0.1) is 13.2 Å². The molecule has 0 aromatic carbocycles. The van der Waals surface area contributed by atoms with E-state index < -0.39 is 0 Å². The summed E-state index contributed by atoms with van der Waals surface area (Å²) in [6.07, 6.45) is 1.77. The van der Waals surface area contributed by atoms with Gasteiger partial charge in [-0.05, 0) is 38.0 Å². The van der Waals surface area contributed by atoms with E-state index in [-0.39, 0.29) is 18.0 Å². The Balaban J connectivity index is 2.24. The van der Waals surface area contributed by atoms with Crippen LogP contribution in [0.4, 0.5) is 5.82 Å². The summed E-state index contributed by atoms with van der Waals surface area (Å²) in [6.45, 7) is 8.01. The van der Waals surface area contributed by atoms with Gasteiger partial charge in [0, 0.05) is 25.3 Å². The molecule has 3 N–H and O–H groups in total. The molecular weight excluding hydrogens is 268 g/mol. The molecule has 6 nitrogen and oxygen atoms in total. The molecule has 1 aliphatic rings. The van der Waals surface area contributed by atoms with Gasteiger partial charge in [0.25, 0.3) is 0 Å². The van der Waals surface area contributed by atoms with Gasteiger partial charge in [-0.25, -0.2) is 4.98 Å². The van der Waals surface area contributed by atoms with Gasteiger partial charge < -0.3 is 20.7 Å². The predicted octanol–water partition coefficient (Wildman–Crippen LogP) is 0.579. The fourth-order valence-electron chi connectivity index (χ4n) is 2.49. The number of pyridine rings is 1. The lowest BCUT2D eigenvalue weighted by Gasteiger charge is -2.36. The summed E-state index contributed by atoms with van der Waals surface area (Å²) in [4.78, 5) is 18.9. The number of ether oxygens (including phenoxy) is 1. The number of hydrogen-bond acceptors (Lipinski definition) is 5. The first-order valence-corrected chi connectivity index (χ1v) is 7.33. The maximum atomic E-state index is 12.3. The molecule has 0 radical (unpaired) electrons. The number of aromatic nitrogens is 1. The summed E-state index contributed by atoms with van der Waals surface area (Å²) in [5.74, 6) is 0.813. The molecule has 0 spiro atoms. The first kappa shape index (κ1) is 15.7. The minimum atomic E-state index is -0.337. The molecule has 0 saturated carbocycles. The van der Waals surface area contributed by atoms with Crippen molar-refractivity contribution in [1.29, 1.82) is 0 Å². The van der Waals surface area contributed by atoms with E-state index in [1.165, 1.54) is 0 Å². The number of nitrogens with two attached hydrogens (primary N) is 1. The molecular formula is C15H24N4O2. The molecule has 1 unspecified atom stereocenters. The van der Waals surface area contributed by atoms with Crippen molar-refractivity contribution in [2.45, 2.75) is 39.4 Å². The zero-order valence-corrected chi connectivity index (χ0v) is 12.9. The Morgan fingerprint density at radius 3 is 3.00 bits per heavy atom. The highest BCUT2D eigenvalue weighted by Crippen LogP contribution is 2.22. The molecule has 116 valence electrons. The number of rotatable bonds is 4. The number of aryl methyl sites for hydroxylation is 1. The van der Waals surface area contributed by atoms with Gasteiger partial charge in [0.2, 0.25) is 5.91 Å². The van der Waals surface area contributed by atoms with Crippen LogP contribution in [0.25, 0.3) is 0 Å². The van der Waals surface area contributed by atoms with Crippen molar-refractivity contribution in [3.63, 3.8) is 0 Å². The summed E-state index contributed by atoms with van der Waals surface area (Å²) >= 11 is 0. The van der Waals surface area contributed by atoms with Crippen molar-refractivity contribution >= 4 is 11.7 Å². The molecule has 0 bridgehead atoms. The zero-order chi connectivity index (χ0) is 15.4. The monoisotopic (exact) mass is 292 g/mol. The van der Waals surface area contributed by atoms with Crippen molar-refractivity contribution in [2.24, 2.45) is 5.73 Å². The molecule has 1 aromatic heterocycles. The fraction of sp³-hybridized carbons (Fsp3) is 0.600. The number of carbonyl (C=O) groups excluding carboxylic acids is 1. The lowest BCUT2D eigenvalue weighted by atomic mass is 10.1. The van der Waals surface area contributed by atoms with Crippen LogP contribution in [0, 0.1) is 6.92 Å². The lowest BCUT2D eigenvalue weighted by Crippen LogP contribution is -2.55. The van der Waals surface area contributed by atoms with E-state index in [0.717, 1.165) is 16.9 Å². The standard InChI is InChI=1S/C15H24N4O2/c1-10(2)18-15(20)13-9-21-5-4-19(13)14-11(3)6-12(7-16)8-17-14/h6,8,10,13H,4-5,7,9,16H2,1-3H3,(H,18,20). The summed E-state index contributed by atoms with van der Waals surface area (Å²) < 4.78 is 5.47. The summed E-state index contributed by atoms with van der Waals surface area (Å²) in [6, 6.07) is 1.79. The van der Waals surface area contributed by atoms with Crippen molar-refractivity contribution in [2.75, 3.05) is 24.7 Å². The Bertz CT molecular complexity index is 504. The van der Waals surface area contributed by atoms with E-state index >= 15 is 0 Å². The van der Waals surface area contributed by atoms with E-state index in [1.807, 2.05) is 31.7 Å². The molecule has 2 heterocycles. The van der Waals surface area contributed by atoms with E-state index in [4.69, 9.17) is 10.5 Å². The van der Waals surface area contributed by atoms with Crippen LogP contribution in [0.5, 0.6) is 0 Å². The van der Waals surface area contributed by atoms with Crippen LogP contribution in [0.1, 0.15) is 25.0 Å². The van der Waals surface area contributed by atoms with Crippen LogP contribution in [-0.2, 0) is 16.1 Å².